The van der Waals surface area contributed by atoms with Crippen molar-refractivity contribution in [3.05, 3.63) is 0 Å². The maximum absolute atomic E-state index is 13.5. The van der Waals surface area contributed by atoms with Gasteiger partial charge in [-0.1, -0.05) is 0 Å². The van der Waals surface area contributed by atoms with Gasteiger partial charge >= 0.3 is 0 Å². The van der Waals surface area contributed by atoms with E-state index in [1.54, 1.807) is 33.0 Å². The number of carbonyl (C=O) groups excluding carboxylic acids is 3. The molecular formula is C19H34ClFN4O3. The zero-order chi connectivity index (χ0) is 20.3. The molecule has 0 aromatic rings. The third kappa shape index (κ3) is 5.56. The van der Waals surface area contributed by atoms with Gasteiger partial charge < -0.3 is 20.4 Å². The third-order valence-corrected chi connectivity index (χ3v) is 6.13. The Labute approximate surface area is 173 Å². The van der Waals surface area contributed by atoms with Crippen molar-refractivity contribution in [1.82, 2.24) is 14.7 Å². The van der Waals surface area contributed by atoms with Gasteiger partial charge in [0, 0.05) is 40.7 Å². The van der Waals surface area contributed by atoms with Crippen LogP contribution in [0, 0.1) is 11.8 Å². The lowest BCUT2D eigenvalue weighted by Gasteiger charge is -2.39. The second-order valence-corrected chi connectivity index (χ2v) is 8.15. The largest absolute Gasteiger partial charge is 0.349 e. The molecule has 0 radical (unpaired) electrons. The lowest BCUT2D eigenvalue weighted by atomic mass is 9.74. The first-order chi connectivity index (χ1) is 12.6. The van der Waals surface area contributed by atoms with Crippen molar-refractivity contribution in [2.75, 3.05) is 34.2 Å². The highest BCUT2D eigenvalue weighted by Gasteiger charge is 2.42. The van der Waals surface area contributed by atoms with Crippen LogP contribution in [0.5, 0.6) is 0 Å². The van der Waals surface area contributed by atoms with Gasteiger partial charge in [-0.15, -0.1) is 12.4 Å². The van der Waals surface area contributed by atoms with Crippen LogP contribution < -0.4 is 5.73 Å². The third-order valence-electron chi connectivity index (χ3n) is 6.13. The van der Waals surface area contributed by atoms with Gasteiger partial charge in [0.1, 0.15) is 6.17 Å². The summed E-state index contributed by atoms with van der Waals surface area (Å²) in [4.78, 5) is 41.9. The number of hydrogen-bond acceptors (Lipinski definition) is 4. The molecule has 0 spiro atoms. The fourth-order valence-corrected chi connectivity index (χ4v) is 4.33. The van der Waals surface area contributed by atoms with Crippen molar-refractivity contribution in [3.8, 4) is 0 Å². The number of alkyl halides is 1. The van der Waals surface area contributed by atoms with Crippen molar-refractivity contribution in [2.45, 2.75) is 57.3 Å². The van der Waals surface area contributed by atoms with Gasteiger partial charge in [-0.05, 0) is 38.0 Å². The molecule has 1 heterocycles. The summed E-state index contributed by atoms with van der Waals surface area (Å²) in [5.74, 6) is -1.09. The minimum atomic E-state index is -1.01. The number of nitrogens with zero attached hydrogens (tertiary/aromatic N) is 3. The first-order valence-corrected chi connectivity index (χ1v) is 9.76. The van der Waals surface area contributed by atoms with E-state index in [0.29, 0.717) is 13.0 Å². The summed E-state index contributed by atoms with van der Waals surface area (Å²) in [6.07, 6.45) is 2.36. The Morgan fingerprint density at radius 2 is 1.64 bits per heavy atom. The van der Waals surface area contributed by atoms with Gasteiger partial charge in [0.05, 0.1) is 18.5 Å². The minimum Gasteiger partial charge on any atom is -0.349 e. The van der Waals surface area contributed by atoms with E-state index >= 15 is 0 Å². The molecule has 0 bridgehead atoms. The molecule has 1 aliphatic heterocycles. The molecule has 2 rings (SSSR count). The Morgan fingerprint density at radius 3 is 2.07 bits per heavy atom. The first kappa shape index (κ1) is 24.6. The van der Waals surface area contributed by atoms with Gasteiger partial charge in [-0.3, -0.25) is 14.4 Å². The van der Waals surface area contributed by atoms with E-state index < -0.39 is 18.1 Å². The van der Waals surface area contributed by atoms with E-state index in [9.17, 15) is 18.8 Å². The Bertz CT molecular complexity index is 569. The van der Waals surface area contributed by atoms with E-state index in [-0.39, 0.29) is 48.6 Å². The summed E-state index contributed by atoms with van der Waals surface area (Å²) >= 11 is 0. The Morgan fingerprint density at radius 1 is 1.07 bits per heavy atom. The molecular weight excluding hydrogens is 387 g/mol. The van der Waals surface area contributed by atoms with Gasteiger partial charge in [0.25, 0.3) is 0 Å². The van der Waals surface area contributed by atoms with Crippen molar-refractivity contribution in [2.24, 2.45) is 17.6 Å². The number of carbonyl (C=O) groups is 3. The maximum atomic E-state index is 13.5. The zero-order valence-corrected chi connectivity index (χ0v) is 18.1. The zero-order valence-electron chi connectivity index (χ0n) is 17.3. The lowest BCUT2D eigenvalue weighted by Crippen LogP contribution is -2.54. The molecule has 28 heavy (non-hydrogen) atoms. The van der Waals surface area contributed by atoms with E-state index in [2.05, 4.69) is 0 Å². The van der Waals surface area contributed by atoms with Gasteiger partial charge in [-0.25, -0.2) is 4.39 Å². The second-order valence-electron chi connectivity index (χ2n) is 8.15. The fraction of sp³-hybridized carbons (Fsp3) is 0.842. The maximum Gasteiger partial charge on any atom is 0.240 e. The van der Waals surface area contributed by atoms with Crippen LogP contribution in [-0.4, -0.2) is 84.9 Å². The highest BCUT2D eigenvalue weighted by molar-refractivity contribution is 5.90. The molecule has 9 heteroatoms. The summed E-state index contributed by atoms with van der Waals surface area (Å²) in [6.45, 7) is 1.96. The molecule has 162 valence electrons. The van der Waals surface area contributed by atoms with E-state index in [1.807, 2.05) is 0 Å². The van der Waals surface area contributed by atoms with Crippen LogP contribution >= 0.6 is 12.4 Å². The Balaban J connectivity index is 0.00000392. The molecule has 7 nitrogen and oxygen atoms in total. The van der Waals surface area contributed by atoms with Gasteiger partial charge in [0.15, 0.2) is 0 Å². The molecule has 1 aliphatic carbocycles. The topological polar surface area (TPSA) is 87.0 Å². The Hall–Kier alpha value is -1.41. The summed E-state index contributed by atoms with van der Waals surface area (Å²) < 4.78 is 13.5. The summed E-state index contributed by atoms with van der Waals surface area (Å²) in [5.41, 5.74) is 6.27. The molecule has 2 N–H and O–H groups in total. The highest BCUT2D eigenvalue weighted by atomic mass is 35.5. The molecule has 1 saturated carbocycles. The number of rotatable bonds is 5. The first-order valence-electron chi connectivity index (χ1n) is 9.76. The van der Waals surface area contributed by atoms with Crippen molar-refractivity contribution >= 4 is 30.1 Å². The minimum absolute atomic E-state index is 0. The Kier molecular flexibility index (Phi) is 9.14. The number of likely N-dealkylation sites (tertiary alicyclic amines) is 1. The van der Waals surface area contributed by atoms with Gasteiger partial charge in [-0.2, -0.15) is 0 Å². The van der Waals surface area contributed by atoms with Crippen molar-refractivity contribution in [1.29, 1.82) is 0 Å². The molecule has 2 fully saturated rings. The molecule has 0 unspecified atom stereocenters. The average Bonchev–Trinajstić information content (AvgIpc) is 3.07. The molecule has 2 aliphatic rings. The van der Waals surface area contributed by atoms with E-state index in [0.717, 1.165) is 25.7 Å². The van der Waals surface area contributed by atoms with Crippen LogP contribution in [0.15, 0.2) is 0 Å². The predicted molar refractivity (Wildman–Crippen MR) is 108 cm³/mol. The highest BCUT2D eigenvalue weighted by Crippen LogP contribution is 2.35. The van der Waals surface area contributed by atoms with Crippen LogP contribution in [-0.2, 0) is 14.4 Å². The monoisotopic (exact) mass is 420 g/mol. The fourth-order valence-electron chi connectivity index (χ4n) is 4.33. The van der Waals surface area contributed by atoms with Crippen LogP contribution in [0.25, 0.3) is 0 Å². The average molecular weight is 421 g/mol. The number of hydrogen-bond donors (Lipinski definition) is 1. The molecule has 1 saturated heterocycles. The van der Waals surface area contributed by atoms with E-state index in [4.69, 9.17) is 5.73 Å². The summed E-state index contributed by atoms with van der Waals surface area (Å²) in [7, 11) is 5.12. The molecule has 0 aromatic carbocycles. The predicted octanol–water partition coefficient (Wildman–Crippen LogP) is 1.05. The summed E-state index contributed by atoms with van der Waals surface area (Å²) in [5, 5.41) is 0. The SMILES string of the molecule is CC(=O)N(C)C1CCC([C@H](C(=O)N(C)C)[C@H](N)C(=O)N2CC[C@H](F)C2)CC1.Cl. The van der Waals surface area contributed by atoms with Crippen LogP contribution in [0.1, 0.15) is 39.0 Å². The smallest absolute Gasteiger partial charge is 0.240 e. The second kappa shape index (κ2) is 10.4. The summed E-state index contributed by atoms with van der Waals surface area (Å²) in [6, 6.07) is -0.802. The molecule has 0 aromatic heterocycles. The molecule has 3 atom stereocenters. The van der Waals surface area contributed by atoms with Crippen molar-refractivity contribution < 1.29 is 18.8 Å². The van der Waals surface area contributed by atoms with Crippen LogP contribution in [0.3, 0.4) is 0 Å². The van der Waals surface area contributed by atoms with Gasteiger partial charge in [0.2, 0.25) is 17.7 Å². The normalized spacial score (nSPS) is 26.8. The lowest BCUT2D eigenvalue weighted by molar-refractivity contribution is -0.143. The quantitative estimate of drug-likeness (QED) is 0.720. The van der Waals surface area contributed by atoms with E-state index in [1.165, 1.54) is 9.80 Å². The number of nitrogens with two attached hydrogens (primary N) is 1. The number of amides is 3. The number of halogens is 2. The van der Waals surface area contributed by atoms with Crippen LogP contribution in [0.2, 0.25) is 0 Å². The van der Waals surface area contributed by atoms with Crippen LogP contribution in [0.4, 0.5) is 4.39 Å². The molecule has 3 amide bonds. The standard InChI is InChI=1S/C19H33FN4O3.ClH/c1-12(25)23(4)15-7-5-13(6-8-15)16(18(26)22(2)3)17(21)19(27)24-10-9-14(20)11-24;/h13-17H,5-11,21H2,1-4H3;1H/t13?,14-,15?,16-,17-;/m0./s1. The van der Waals surface area contributed by atoms with Crippen molar-refractivity contribution in [3.63, 3.8) is 0 Å².